The summed E-state index contributed by atoms with van der Waals surface area (Å²) < 4.78 is 50.5. The van der Waals surface area contributed by atoms with Crippen LogP contribution < -0.4 is 10.6 Å². The first-order valence-electron chi connectivity index (χ1n) is 30.4. The van der Waals surface area contributed by atoms with Gasteiger partial charge in [0, 0.05) is 55.6 Å². The number of aromatic nitrogens is 2. The number of hydrogen-bond donors (Lipinski definition) is 6. The molecule has 20 nitrogen and oxygen atoms in total. The van der Waals surface area contributed by atoms with Crippen molar-refractivity contribution in [2.24, 2.45) is 11.8 Å². The Morgan fingerprint density at radius 2 is 1.10 bits per heavy atom. The van der Waals surface area contributed by atoms with Gasteiger partial charge in [-0.15, -0.1) is 0 Å². The van der Waals surface area contributed by atoms with Gasteiger partial charge < -0.3 is 59.5 Å². The van der Waals surface area contributed by atoms with E-state index < -0.39 is 114 Å². The first kappa shape index (κ1) is 64.6. The fourth-order valence-electron chi connectivity index (χ4n) is 12.4. The molecule has 0 bridgehead atoms. The van der Waals surface area contributed by atoms with E-state index in [1.165, 1.54) is 55.1 Å². The fourth-order valence-corrected chi connectivity index (χ4v) is 12.4. The minimum Gasteiger partial charge on any atom is -0.445 e. The lowest BCUT2D eigenvalue weighted by Crippen LogP contribution is -2.56. The van der Waals surface area contributed by atoms with Crippen LogP contribution in [0, 0.1) is 23.5 Å². The Bertz CT molecular complexity index is 3490. The Kier molecular flexibility index (Phi) is 20.3. The van der Waals surface area contributed by atoms with Crippen molar-refractivity contribution < 1.29 is 67.1 Å². The molecule has 6 amide bonds. The van der Waals surface area contributed by atoms with Crippen LogP contribution in [0.5, 0.6) is 0 Å². The quantitative estimate of drug-likeness (QED) is 0.0430. The van der Waals surface area contributed by atoms with E-state index in [0.29, 0.717) is 77.6 Å². The van der Waals surface area contributed by atoms with Crippen LogP contribution in [-0.2, 0) is 59.4 Å². The molecule has 2 aromatic heterocycles. The molecule has 472 valence electrons. The lowest BCUT2D eigenvalue weighted by Gasteiger charge is -2.41. The third-order valence-electron chi connectivity index (χ3n) is 17.8. The summed E-state index contributed by atoms with van der Waals surface area (Å²) in [7, 11) is 2.90. The van der Waals surface area contributed by atoms with Gasteiger partial charge in [-0.3, -0.25) is 29.0 Å². The van der Waals surface area contributed by atoms with Gasteiger partial charge in [-0.25, -0.2) is 18.4 Å². The van der Waals surface area contributed by atoms with Gasteiger partial charge >= 0.3 is 12.2 Å². The molecule has 0 radical (unpaired) electrons. The number of amides is 6. The molecule has 3 aliphatic rings. The number of fused-ring (bicyclic) bond motifs is 2. The number of ether oxygens (including phenoxy) is 3. The lowest BCUT2D eigenvalue weighted by molar-refractivity contribution is -0.238. The number of carbonyl (C=O) groups is 6. The monoisotopic (exact) mass is 1220 g/mol. The predicted molar refractivity (Wildman–Crippen MR) is 325 cm³/mol. The first-order valence-corrected chi connectivity index (χ1v) is 30.4. The average molecular weight is 1220 g/mol. The van der Waals surface area contributed by atoms with Gasteiger partial charge in [-0.1, -0.05) is 88.4 Å². The van der Waals surface area contributed by atoms with E-state index in [0.717, 1.165) is 11.1 Å². The van der Waals surface area contributed by atoms with Crippen molar-refractivity contribution in [1.82, 2.24) is 39.8 Å². The molecule has 3 saturated heterocycles. The second-order valence-electron chi connectivity index (χ2n) is 24.4. The van der Waals surface area contributed by atoms with E-state index in [1.807, 2.05) is 88.4 Å². The van der Waals surface area contributed by atoms with Crippen LogP contribution in [-0.4, -0.2) is 168 Å². The van der Waals surface area contributed by atoms with E-state index in [9.17, 15) is 34.5 Å². The highest BCUT2D eigenvalue weighted by atomic mass is 19.1. The van der Waals surface area contributed by atoms with Gasteiger partial charge in [0.2, 0.25) is 23.6 Å². The van der Waals surface area contributed by atoms with Crippen molar-refractivity contribution in [3.05, 3.63) is 131 Å². The van der Waals surface area contributed by atoms with Gasteiger partial charge in [0.25, 0.3) is 0 Å². The van der Waals surface area contributed by atoms with Crippen molar-refractivity contribution in [2.75, 3.05) is 27.2 Å². The summed E-state index contributed by atoms with van der Waals surface area (Å²) in [4.78, 5) is 93.7. The number of aliphatic hydroxyl groups excluding tert-OH is 3. The van der Waals surface area contributed by atoms with Crippen molar-refractivity contribution in [3.8, 4) is 11.4 Å². The highest BCUT2D eigenvalue weighted by molar-refractivity contribution is 5.98. The lowest BCUT2D eigenvalue weighted by atomic mass is 9.94. The van der Waals surface area contributed by atoms with Crippen molar-refractivity contribution in [1.29, 1.82) is 0 Å². The number of halogens is 2. The smallest absolute Gasteiger partial charge is 0.410 e. The van der Waals surface area contributed by atoms with Crippen LogP contribution in [0.2, 0.25) is 0 Å². The van der Waals surface area contributed by atoms with Gasteiger partial charge in [-0.2, -0.15) is 0 Å². The second-order valence-corrected chi connectivity index (χ2v) is 24.4. The minimum absolute atomic E-state index is 0.000831. The summed E-state index contributed by atoms with van der Waals surface area (Å²) in [5.74, 6) is -3.87. The maximum absolute atomic E-state index is 16.0. The number of H-pyrrole nitrogens is 1. The second kappa shape index (κ2) is 27.6. The molecular formula is C66H82F2N8O12. The summed E-state index contributed by atoms with van der Waals surface area (Å²) in [6.07, 6.45) is -6.46. The first-order chi connectivity index (χ1) is 41.9. The summed E-state index contributed by atoms with van der Waals surface area (Å²) in [5.41, 5.74) is 4.07. The minimum atomic E-state index is -1.78. The average Bonchev–Trinajstić information content (AvgIpc) is 1.58. The number of likely N-dealkylation sites (tertiary alicyclic amines) is 2. The summed E-state index contributed by atoms with van der Waals surface area (Å²) in [6, 6.07) is 21.5. The molecule has 3 fully saturated rings. The number of hydrogen-bond acceptors (Lipinski definition) is 12. The van der Waals surface area contributed by atoms with Crippen LogP contribution in [0.25, 0.3) is 33.2 Å². The van der Waals surface area contributed by atoms with Crippen molar-refractivity contribution >= 4 is 57.6 Å². The standard InChI is InChI=1S/C66H82F2N8O12/c1-36(2)53(70-60(80)38(5)72(8)65(84)86-34-41-18-12-10-13-19-41)62(82)74-28-16-22-45(74)32-49-47-26-24-43(67)30-51(47)69-55(49)56-50(48-27-25-44(68)31-52(48)76(56)64-59(79)58(78)57(77)40(7)88-64)33-46-23-17-29-75(46)63(83)54(37(3)4)71-61(81)39(6)73(9)66(85)87-35-42-20-14-11-15-21-42/h10-15,18-21,24-27,30-31,36-40,45-46,53-54,57-59,64,69,77-79H,16-17,22-23,28-29,32-35H2,1-9H3,(H,70,80)(H,71,81)/t38-,39-,40-,45-,46-,53-,54-,57+,58+,59-,64-/m0/s1. The molecule has 5 heterocycles. The molecule has 0 aliphatic carbocycles. The van der Waals surface area contributed by atoms with Crippen LogP contribution in [0.15, 0.2) is 97.1 Å². The van der Waals surface area contributed by atoms with E-state index in [1.54, 1.807) is 40.3 Å². The van der Waals surface area contributed by atoms with E-state index in [4.69, 9.17) is 14.2 Å². The van der Waals surface area contributed by atoms with E-state index in [2.05, 4.69) is 15.6 Å². The third-order valence-corrected chi connectivity index (χ3v) is 17.8. The number of nitrogens with one attached hydrogen (secondary N) is 3. The molecule has 4 aromatic carbocycles. The van der Waals surface area contributed by atoms with Crippen LogP contribution >= 0.6 is 0 Å². The Hall–Kier alpha value is -7.92. The largest absolute Gasteiger partial charge is 0.445 e. The maximum atomic E-state index is 16.0. The Balaban J connectivity index is 1.06. The summed E-state index contributed by atoms with van der Waals surface area (Å²) >= 11 is 0. The number of aliphatic hydroxyl groups is 3. The molecule has 0 saturated carbocycles. The predicted octanol–water partition coefficient (Wildman–Crippen LogP) is 7.73. The van der Waals surface area contributed by atoms with Crippen molar-refractivity contribution in [2.45, 2.75) is 167 Å². The SMILES string of the molecule is CC(C)[C@H](NC(=O)[C@H](C)N(C)C(=O)OCc1ccccc1)C(=O)N1CCC[C@H]1Cc1c(-c2c(C[C@@H]3CCCN3C(=O)[C@@H](NC(=O)[C@H](C)N(C)C(=O)OCc3ccccc3)C(C)C)c3ccc(F)cc3n2[C@H]2O[C@@H](C)[C@@H](O)[C@@H](O)[C@@H]2O)[nH]c2cc(F)ccc12. The molecule has 88 heavy (non-hydrogen) atoms. The molecule has 6 N–H and O–H groups in total. The summed E-state index contributed by atoms with van der Waals surface area (Å²) in [5, 5.41) is 41.4. The Labute approximate surface area is 511 Å². The van der Waals surface area contributed by atoms with E-state index >= 15 is 18.4 Å². The Morgan fingerprint density at radius 3 is 1.59 bits per heavy atom. The zero-order valence-corrected chi connectivity index (χ0v) is 51.3. The van der Waals surface area contributed by atoms with Crippen LogP contribution in [0.3, 0.4) is 0 Å². The van der Waals surface area contributed by atoms with Crippen molar-refractivity contribution in [3.63, 3.8) is 0 Å². The van der Waals surface area contributed by atoms with Gasteiger partial charge in [0.15, 0.2) is 6.23 Å². The number of benzene rings is 4. The van der Waals surface area contributed by atoms with Crippen LogP contribution in [0.4, 0.5) is 18.4 Å². The molecule has 3 aliphatic heterocycles. The van der Waals surface area contributed by atoms with Gasteiger partial charge in [-0.05, 0) is 130 Å². The molecule has 6 aromatic rings. The molecular weight excluding hydrogens is 1130 g/mol. The number of carbonyl (C=O) groups excluding carboxylic acids is 6. The van der Waals surface area contributed by atoms with Gasteiger partial charge in [0.05, 0.1) is 23.0 Å². The number of likely N-dealkylation sites (N-methyl/N-ethyl adjacent to an activating group) is 2. The number of aromatic amines is 1. The number of nitrogens with zero attached hydrogens (tertiary/aromatic N) is 5. The maximum Gasteiger partial charge on any atom is 0.410 e. The number of rotatable bonds is 20. The Morgan fingerprint density at radius 1 is 0.636 bits per heavy atom. The molecule has 0 unspecified atom stereocenters. The molecule has 9 rings (SSSR count). The zero-order chi connectivity index (χ0) is 63.4. The third kappa shape index (κ3) is 13.7. The fraction of sp³-hybridized carbons (Fsp3) is 0.485. The van der Waals surface area contributed by atoms with Gasteiger partial charge in [0.1, 0.15) is 67.3 Å². The normalized spacial score (nSPS) is 21.8. The van der Waals surface area contributed by atoms with Crippen LogP contribution in [0.1, 0.15) is 103 Å². The zero-order valence-electron chi connectivity index (χ0n) is 51.3. The van der Waals surface area contributed by atoms with E-state index in [-0.39, 0.29) is 43.4 Å². The highest BCUT2D eigenvalue weighted by Gasteiger charge is 2.46. The molecule has 11 atom stereocenters. The summed E-state index contributed by atoms with van der Waals surface area (Å²) in [6.45, 7) is 12.5. The molecule has 0 spiro atoms. The molecule has 22 heteroatoms. The highest BCUT2D eigenvalue weighted by Crippen LogP contribution is 2.45. The topological polar surface area (TPSA) is 249 Å².